The fourth-order valence-electron chi connectivity index (χ4n) is 5.71. The highest BCUT2D eigenvalue weighted by Crippen LogP contribution is 2.36. The van der Waals surface area contributed by atoms with Gasteiger partial charge in [-0.2, -0.15) is 5.10 Å². The standard InChI is InChI=1S/C30H37N7O3/c1-3-31-27-18-26-25(19-32-27)30(22-6-4-21(5-7-22)20-36-14-16-39-17-15-36)34-37(26)23-8-10-24(11-9-23)40-28-12-13-29(38)35(2)33-28/h4-7,12-13,18-19,23-24H,3,8-11,14-17,20H2,1-2H3,(H,31,32)/t23-,24+. The van der Waals surface area contributed by atoms with E-state index in [9.17, 15) is 4.79 Å². The molecule has 1 aromatic carbocycles. The molecule has 1 saturated heterocycles. The largest absolute Gasteiger partial charge is 0.473 e. The third kappa shape index (κ3) is 5.73. The van der Waals surface area contributed by atoms with Crippen molar-refractivity contribution < 1.29 is 9.47 Å². The molecule has 3 aromatic heterocycles. The molecule has 0 bridgehead atoms. The Morgan fingerprint density at radius 3 is 2.52 bits per heavy atom. The number of nitrogens with one attached hydrogen (secondary N) is 1. The molecule has 1 aliphatic carbocycles. The summed E-state index contributed by atoms with van der Waals surface area (Å²) in [4.78, 5) is 18.8. The lowest BCUT2D eigenvalue weighted by Gasteiger charge is -2.29. The minimum atomic E-state index is -0.143. The van der Waals surface area contributed by atoms with E-state index in [0.717, 1.165) is 93.1 Å². The van der Waals surface area contributed by atoms with Gasteiger partial charge in [-0.25, -0.2) is 9.67 Å². The van der Waals surface area contributed by atoms with Crippen molar-refractivity contribution in [3.8, 4) is 17.1 Å². The van der Waals surface area contributed by atoms with Gasteiger partial charge in [0, 0.05) is 68.6 Å². The van der Waals surface area contributed by atoms with Crippen molar-refractivity contribution in [3.63, 3.8) is 0 Å². The van der Waals surface area contributed by atoms with Crippen LogP contribution >= 0.6 is 0 Å². The van der Waals surface area contributed by atoms with Crippen molar-refractivity contribution in [2.24, 2.45) is 7.05 Å². The zero-order valence-corrected chi connectivity index (χ0v) is 23.3. The number of benzene rings is 1. The van der Waals surface area contributed by atoms with Crippen LogP contribution in [0.3, 0.4) is 0 Å². The monoisotopic (exact) mass is 543 g/mol. The van der Waals surface area contributed by atoms with E-state index in [2.05, 4.69) is 62.2 Å². The van der Waals surface area contributed by atoms with Gasteiger partial charge in [0.15, 0.2) is 0 Å². The van der Waals surface area contributed by atoms with Gasteiger partial charge in [0.05, 0.1) is 24.8 Å². The normalized spacial score (nSPS) is 20.1. The van der Waals surface area contributed by atoms with E-state index < -0.39 is 0 Å². The highest BCUT2D eigenvalue weighted by Gasteiger charge is 2.27. The fraction of sp³-hybridized carbons (Fsp3) is 0.467. The van der Waals surface area contributed by atoms with Crippen LogP contribution in [0.4, 0.5) is 5.82 Å². The fourth-order valence-corrected chi connectivity index (χ4v) is 5.71. The molecule has 0 spiro atoms. The summed E-state index contributed by atoms with van der Waals surface area (Å²) in [5.41, 5.74) is 4.33. The molecule has 6 rings (SSSR count). The first kappa shape index (κ1) is 26.5. The summed E-state index contributed by atoms with van der Waals surface area (Å²) >= 11 is 0. The molecule has 10 nitrogen and oxygen atoms in total. The molecule has 0 radical (unpaired) electrons. The average molecular weight is 544 g/mol. The predicted molar refractivity (Wildman–Crippen MR) is 155 cm³/mol. The maximum absolute atomic E-state index is 11.7. The zero-order chi connectivity index (χ0) is 27.5. The summed E-state index contributed by atoms with van der Waals surface area (Å²) < 4.78 is 15.1. The van der Waals surface area contributed by atoms with Gasteiger partial charge in [-0.15, -0.1) is 5.10 Å². The zero-order valence-electron chi connectivity index (χ0n) is 23.3. The molecule has 2 aliphatic rings. The molecule has 1 N–H and O–H groups in total. The maximum Gasteiger partial charge on any atom is 0.266 e. The summed E-state index contributed by atoms with van der Waals surface area (Å²) in [7, 11) is 1.64. The SMILES string of the molecule is CCNc1cc2c(cn1)c(-c1ccc(CN3CCOCC3)cc1)nn2[C@H]1CC[C@@H](Oc2ccc(=O)n(C)n2)CC1. The summed E-state index contributed by atoms with van der Waals surface area (Å²) in [5.74, 6) is 1.36. The second-order valence-corrected chi connectivity index (χ2v) is 10.7. The number of ether oxygens (including phenoxy) is 2. The Balaban J connectivity index is 1.22. The van der Waals surface area contributed by atoms with Crippen molar-refractivity contribution in [2.75, 3.05) is 38.2 Å². The molecule has 4 aromatic rings. The van der Waals surface area contributed by atoms with Crippen LogP contribution in [0, 0.1) is 0 Å². The number of nitrogens with zero attached hydrogens (tertiary/aromatic N) is 6. The van der Waals surface area contributed by atoms with Gasteiger partial charge >= 0.3 is 0 Å². The lowest BCUT2D eigenvalue weighted by Crippen LogP contribution is -2.35. The number of rotatable bonds is 8. The molecular formula is C30H37N7O3. The van der Waals surface area contributed by atoms with Crippen molar-refractivity contribution >= 4 is 16.7 Å². The van der Waals surface area contributed by atoms with Gasteiger partial charge in [0.1, 0.15) is 17.6 Å². The number of morpholine rings is 1. The first-order valence-corrected chi connectivity index (χ1v) is 14.3. The van der Waals surface area contributed by atoms with Crippen LogP contribution in [0.1, 0.15) is 44.2 Å². The quantitative estimate of drug-likeness (QED) is 0.356. The van der Waals surface area contributed by atoms with Gasteiger partial charge in [-0.3, -0.25) is 14.4 Å². The third-order valence-electron chi connectivity index (χ3n) is 7.90. The third-order valence-corrected chi connectivity index (χ3v) is 7.90. The topological polar surface area (TPSA) is 99.3 Å². The van der Waals surface area contributed by atoms with Crippen molar-refractivity contribution in [1.82, 2.24) is 29.4 Å². The molecule has 0 atom stereocenters. The van der Waals surface area contributed by atoms with E-state index in [4.69, 9.17) is 14.6 Å². The molecule has 0 amide bonds. The molecule has 2 fully saturated rings. The number of aryl methyl sites for hydroxylation is 1. The van der Waals surface area contributed by atoms with E-state index in [1.165, 1.54) is 16.3 Å². The number of anilines is 1. The van der Waals surface area contributed by atoms with E-state index >= 15 is 0 Å². The summed E-state index contributed by atoms with van der Waals surface area (Å²) in [6, 6.07) is 14.3. The average Bonchev–Trinajstić information content (AvgIpc) is 3.35. The Morgan fingerprint density at radius 1 is 1.02 bits per heavy atom. The molecule has 10 heteroatoms. The first-order chi connectivity index (χ1) is 19.6. The number of aromatic nitrogens is 5. The summed E-state index contributed by atoms with van der Waals surface area (Å²) in [5, 5.41) is 13.8. The van der Waals surface area contributed by atoms with Crippen LogP contribution in [-0.4, -0.2) is 68.4 Å². The van der Waals surface area contributed by atoms with E-state index in [-0.39, 0.29) is 17.7 Å². The smallest absolute Gasteiger partial charge is 0.266 e. The van der Waals surface area contributed by atoms with E-state index in [1.807, 2.05) is 6.20 Å². The van der Waals surface area contributed by atoms with Crippen LogP contribution in [0.2, 0.25) is 0 Å². The van der Waals surface area contributed by atoms with E-state index in [1.54, 1.807) is 13.1 Å². The maximum atomic E-state index is 11.7. The molecule has 4 heterocycles. The van der Waals surface area contributed by atoms with Crippen molar-refractivity contribution in [1.29, 1.82) is 0 Å². The number of fused-ring (bicyclic) bond motifs is 1. The lowest BCUT2D eigenvalue weighted by atomic mass is 9.93. The summed E-state index contributed by atoms with van der Waals surface area (Å²) in [6.45, 7) is 7.39. The van der Waals surface area contributed by atoms with Gasteiger partial charge in [-0.05, 0) is 38.2 Å². The first-order valence-electron chi connectivity index (χ1n) is 14.3. The highest BCUT2D eigenvalue weighted by molar-refractivity contribution is 5.94. The Hall–Kier alpha value is -3.76. The van der Waals surface area contributed by atoms with Crippen molar-refractivity contribution in [3.05, 3.63) is 64.6 Å². The van der Waals surface area contributed by atoms with Gasteiger partial charge in [-0.1, -0.05) is 24.3 Å². The van der Waals surface area contributed by atoms with Crippen LogP contribution in [0.25, 0.3) is 22.2 Å². The number of hydrogen-bond donors (Lipinski definition) is 1. The molecular weight excluding hydrogens is 506 g/mol. The summed E-state index contributed by atoms with van der Waals surface area (Å²) in [6.07, 6.45) is 5.71. The molecule has 1 saturated carbocycles. The van der Waals surface area contributed by atoms with Gasteiger partial charge < -0.3 is 14.8 Å². The molecule has 40 heavy (non-hydrogen) atoms. The Morgan fingerprint density at radius 2 is 1.80 bits per heavy atom. The van der Waals surface area contributed by atoms with Gasteiger partial charge in [0.25, 0.3) is 5.56 Å². The Bertz CT molecular complexity index is 1500. The second-order valence-electron chi connectivity index (χ2n) is 10.7. The lowest BCUT2D eigenvalue weighted by molar-refractivity contribution is 0.0342. The molecule has 210 valence electrons. The van der Waals surface area contributed by atoms with Crippen LogP contribution in [0.15, 0.2) is 53.5 Å². The molecule has 1 aliphatic heterocycles. The van der Waals surface area contributed by atoms with Crippen molar-refractivity contribution in [2.45, 2.75) is 51.3 Å². The number of pyridine rings is 1. The Labute approximate surface area is 233 Å². The minimum absolute atomic E-state index is 0.0699. The Kier molecular flexibility index (Phi) is 7.79. The van der Waals surface area contributed by atoms with Crippen LogP contribution in [0.5, 0.6) is 5.88 Å². The van der Waals surface area contributed by atoms with Crippen LogP contribution in [-0.2, 0) is 18.3 Å². The number of hydrogen-bond acceptors (Lipinski definition) is 8. The minimum Gasteiger partial charge on any atom is -0.473 e. The molecule has 0 unspecified atom stereocenters. The second kappa shape index (κ2) is 11.8. The van der Waals surface area contributed by atoms with Crippen LogP contribution < -0.4 is 15.6 Å². The predicted octanol–water partition coefficient (Wildman–Crippen LogP) is 4.02. The highest BCUT2D eigenvalue weighted by atomic mass is 16.5. The van der Waals surface area contributed by atoms with E-state index in [0.29, 0.717) is 5.88 Å². The van der Waals surface area contributed by atoms with Gasteiger partial charge in [0.2, 0.25) is 5.88 Å².